The molecule has 0 bridgehead atoms. The highest BCUT2D eigenvalue weighted by atomic mass is 32.2. The molecule has 1 aliphatic carbocycles. The van der Waals surface area contributed by atoms with Crippen LogP contribution in [0, 0.1) is 5.92 Å². The highest BCUT2D eigenvalue weighted by Gasteiger charge is 2.44. The van der Waals surface area contributed by atoms with Gasteiger partial charge in [-0.3, -0.25) is 4.79 Å². The molecule has 0 unspecified atom stereocenters. The van der Waals surface area contributed by atoms with Gasteiger partial charge in [0.2, 0.25) is 5.91 Å². The lowest BCUT2D eigenvalue weighted by Crippen LogP contribution is -2.47. The molecule has 5 heteroatoms. The Morgan fingerprint density at radius 1 is 1.28 bits per heavy atom. The van der Waals surface area contributed by atoms with Crippen molar-refractivity contribution in [1.82, 2.24) is 4.90 Å². The zero-order valence-corrected chi connectivity index (χ0v) is 11.6. The van der Waals surface area contributed by atoms with Gasteiger partial charge in [-0.15, -0.1) is 11.8 Å². The van der Waals surface area contributed by atoms with E-state index < -0.39 is 12.0 Å². The lowest BCUT2D eigenvalue weighted by molar-refractivity contribution is -0.149. The van der Waals surface area contributed by atoms with Gasteiger partial charge in [0.25, 0.3) is 0 Å². The SMILES string of the molecule is CCC(=O)N1[C@H](C(=O)O)CS[C@H]1C1CCCCC1. The van der Waals surface area contributed by atoms with Crippen LogP contribution >= 0.6 is 11.8 Å². The van der Waals surface area contributed by atoms with E-state index in [0.717, 1.165) is 12.8 Å². The van der Waals surface area contributed by atoms with E-state index in [1.165, 1.54) is 19.3 Å². The van der Waals surface area contributed by atoms with Crippen LogP contribution in [0.1, 0.15) is 45.4 Å². The minimum atomic E-state index is -0.859. The zero-order valence-electron chi connectivity index (χ0n) is 10.8. The van der Waals surface area contributed by atoms with Crippen molar-refractivity contribution in [2.45, 2.75) is 56.9 Å². The molecule has 0 spiro atoms. The van der Waals surface area contributed by atoms with Gasteiger partial charge in [-0.1, -0.05) is 26.2 Å². The lowest BCUT2D eigenvalue weighted by atomic mass is 9.88. The van der Waals surface area contributed by atoms with Gasteiger partial charge in [0.15, 0.2) is 0 Å². The highest BCUT2D eigenvalue weighted by Crippen LogP contribution is 2.40. The zero-order chi connectivity index (χ0) is 13.1. The number of thioether (sulfide) groups is 1. The summed E-state index contributed by atoms with van der Waals surface area (Å²) in [6, 6.07) is -0.616. The Kier molecular flexibility index (Phi) is 4.54. The van der Waals surface area contributed by atoms with Crippen molar-refractivity contribution in [3.8, 4) is 0 Å². The third-order valence-corrected chi connectivity index (χ3v) is 5.43. The summed E-state index contributed by atoms with van der Waals surface area (Å²) < 4.78 is 0. The number of rotatable bonds is 3. The predicted octanol–water partition coefficient (Wildman–Crippen LogP) is 2.33. The molecular formula is C13H21NO3S. The fourth-order valence-electron chi connectivity index (χ4n) is 3.00. The van der Waals surface area contributed by atoms with Crippen molar-refractivity contribution in [1.29, 1.82) is 0 Å². The maximum atomic E-state index is 12.0. The van der Waals surface area contributed by atoms with Crippen molar-refractivity contribution in [2.75, 3.05) is 5.75 Å². The van der Waals surface area contributed by atoms with Crippen LogP contribution in [0.3, 0.4) is 0 Å². The summed E-state index contributed by atoms with van der Waals surface area (Å²) in [6.07, 6.45) is 6.38. The van der Waals surface area contributed by atoms with E-state index in [-0.39, 0.29) is 11.3 Å². The largest absolute Gasteiger partial charge is 0.480 e. The van der Waals surface area contributed by atoms with E-state index in [1.807, 2.05) is 6.92 Å². The van der Waals surface area contributed by atoms with E-state index in [2.05, 4.69) is 0 Å². The number of hydrogen-bond acceptors (Lipinski definition) is 3. The molecule has 1 saturated carbocycles. The van der Waals surface area contributed by atoms with Crippen molar-refractivity contribution >= 4 is 23.6 Å². The number of carbonyl (C=O) groups is 2. The average Bonchev–Trinajstić information content (AvgIpc) is 2.83. The van der Waals surface area contributed by atoms with Gasteiger partial charge < -0.3 is 10.0 Å². The van der Waals surface area contributed by atoms with E-state index >= 15 is 0 Å². The van der Waals surface area contributed by atoms with Crippen molar-refractivity contribution < 1.29 is 14.7 Å². The molecule has 1 aliphatic heterocycles. The Balaban J connectivity index is 2.13. The first kappa shape index (κ1) is 13.7. The van der Waals surface area contributed by atoms with E-state index in [1.54, 1.807) is 16.7 Å². The van der Waals surface area contributed by atoms with Gasteiger partial charge in [-0.05, 0) is 18.8 Å². The molecule has 102 valence electrons. The minimum Gasteiger partial charge on any atom is -0.480 e. The third-order valence-electron chi connectivity index (χ3n) is 3.96. The quantitative estimate of drug-likeness (QED) is 0.856. The molecule has 0 aromatic carbocycles. The van der Waals surface area contributed by atoms with Gasteiger partial charge in [0, 0.05) is 12.2 Å². The van der Waals surface area contributed by atoms with Crippen LogP contribution in [0.25, 0.3) is 0 Å². The average molecular weight is 271 g/mol. The third kappa shape index (κ3) is 2.66. The Hall–Kier alpha value is -0.710. The summed E-state index contributed by atoms with van der Waals surface area (Å²) >= 11 is 1.66. The second-order valence-corrected chi connectivity index (χ2v) is 6.28. The molecule has 4 nitrogen and oxygen atoms in total. The van der Waals surface area contributed by atoms with Gasteiger partial charge in [0.05, 0.1) is 5.37 Å². The molecule has 2 aliphatic rings. The van der Waals surface area contributed by atoms with Gasteiger partial charge in [-0.25, -0.2) is 4.79 Å². The van der Waals surface area contributed by atoms with E-state index in [9.17, 15) is 14.7 Å². The molecule has 2 atom stereocenters. The topological polar surface area (TPSA) is 57.6 Å². The Morgan fingerprint density at radius 3 is 2.50 bits per heavy atom. The second-order valence-electron chi connectivity index (χ2n) is 5.13. The van der Waals surface area contributed by atoms with Crippen LogP contribution in [0.2, 0.25) is 0 Å². The molecule has 0 aromatic heterocycles. The second kappa shape index (κ2) is 5.95. The molecule has 1 N–H and O–H groups in total. The maximum absolute atomic E-state index is 12.0. The summed E-state index contributed by atoms with van der Waals surface area (Å²) in [4.78, 5) is 24.9. The van der Waals surface area contributed by atoms with E-state index in [4.69, 9.17) is 0 Å². The molecule has 18 heavy (non-hydrogen) atoms. The summed E-state index contributed by atoms with van der Waals surface area (Å²) in [7, 11) is 0. The van der Waals surface area contributed by atoms with Crippen LogP contribution in [0.4, 0.5) is 0 Å². The van der Waals surface area contributed by atoms with Crippen molar-refractivity contribution in [3.05, 3.63) is 0 Å². The molecule has 2 rings (SSSR count). The van der Waals surface area contributed by atoms with Crippen LogP contribution in [-0.2, 0) is 9.59 Å². The van der Waals surface area contributed by atoms with Gasteiger partial charge in [0.1, 0.15) is 6.04 Å². The number of carbonyl (C=O) groups excluding carboxylic acids is 1. The maximum Gasteiger partial charge on any atom is 0.327 e. The summed E-state index contributed by atoms with van der Waals surface area (Å²) in [5.74, 6) is 0.164. The van der Waals surface area contributed by atoms with Crippen LogP contribution < -0.4 is 0 Å². The number of hydrogen-bond donors (Lipinski definition) is 1. The Labute approximate surface area is 112 Å². The molecule has 1 saturated heterocycles. The first-order chi connectivity index (χ1) is 8.65. The fourth-order valence-corrected chi connectivity index (χ4v) is 4.65. The number of nitrogens with zero attached hydrogens (tertiary/aromatic N) is 1. The number of aliphatic carboxylic acids is 1. The first-order valence-electron chi connectivity index (χ1n) is 6.80. The van der Waals surface area contributed by atoms with Crippen LogP contribution in [0.5, 0.6) is 0 Å². The Bertz CT molecular complexity index is 328. The standard InChI is InChI=1S/C13H21NO3S/c1-2-11(15)14-10(13(16)17)8-18-12(14)9-6-4-3-5-7-9/h9-10,12H,2-8H2,1H3,(H,16,17)/t10-,12-/m0/s1. The number of carboxylic acids is 1. The summed E-state index contributed by atoms with van der Waals surface area (Å²) in [5.41, 5.74) is 0. The predicted molar refractivity (Wildman–Crippen MR) is 71.4 cm³/mol. The molecule has 0 aromatic rings. The Morgan fingerprint density at radius 2 is 1.94 bits per heavy atom. The molecular weight excluding hydrogens is 250 g/mol. The van der Waals surface area contributed by atoms with Crippen LogP contribution in [-0.4, -0.2) is 39.1 Å². The number of carboxylic acid groups (broad SMARTS) is 1. The van der Waals surface area contributed by atoms with Crippen LogP contribution in [0.15, 0.2) is 0 Å². The summed E-state index contributed by atoms with van der Waals surface area (Å²) in [6.45, 7) is 1.81. The molecule has 0 radical (unpaired) electrons. The minimum absolute atomic E-state index is 0.0111. The normalized spacial score (nSPS) is 29.5. The lowest BCUT2D eigenvalue weighted by Gasteiger charge is -2.34. The van der Waals surface area contributed by atoms with Gasteiger partial charge >= 0.3 is 5.97 Å². The van der Waals surface area contributed by atoms with Crippen molar-refractivity contribution in [3.63, 3.8) is 0 Å². The smallest absolute Gasteiger partial charge is 0.327 e. The van der Waals surface area contributed by atoms with Gasteiger partial charge in [-0.2, -0.15) is 0 Å². The van der Waals surface area contributed by atoms with Crippen molar-refractivity contribution in [2.24, 2.45) is 5.92 Å². The monoisotopic (exact) mass is 271 g/mol. The molecule has 2 fully saturated rings. The highest BCUT2D eigenvalue weighted by molar-refractivity contribution is 8.00. The molecule has 1 heterocycles. The summed E-state index contributed by atoms with van der Waals surface area (Å²) in [5, 5.41) is 9.33. The number of amides is 1. The molecule has 1 amide bonds. The fraction of sp³-hybridized carbons (Fsp3) is 0.846. The van der Waals surface area contributed by atoms with E-state index in [0.29, 0.717) is 18.1 Å². The first-order valence-corrected chi connectivity index (χ1v) is 7.85.